The van der Waals surface area contributed by atoms with Gasteiger partial charge >= 0.3 is 0 Å². The van der Waals surface area contributed by atoms with Crippen LogP contribution in [-0.2, 0) is 13.1 Å². The molecule has 0 atom stereocenters. The normalized spacial score (nSPS) is 10.3. The van der Waals surface area contributed by atoms with Gasteiger partial charge in [0.15, 0.2) is 0 Å². The molecule has 0 radical (unpaired) electrons. The van der Waals surface area contributed by atoms with Gasteiger partial charge in [0.1, 0.15) is 0 Å². The van der Waals surface area contributed by atoms with Crippen LogP contribution in [0.4, 0.5) is 0 Å². The number of halogens is 1. The minimum absolute atomic E-state index is 0.885. The predicted octanol–water partition coefficient (Wildman–Crippen LogP) is 3.74. The van der Waals surface area contributed by atoms with Crippen molar-refractivity contribution in [2.75, 3.05) is 0 Å². The first-order chi connectivity index (χ1) is 7.86. The summed E-state index contributed by atoms with van der Waals surface area (Å²) < 4.78 is 1.16. The monoisotopic (exact) mass is 275 g/mol. The van der Waals surface area contributed by atoms with Crippen molar-refractivity contribution < 1.29 is 0 Å². The van der Waals surface area contributed by atoms with Crippen LogP contribution in [-0.4, -0.2) is 0 Å². The zero-order valence-corrected chi connectivity index (χ0v) is 10.6. The van der Waals surface area contributed by atoms with E-state index in [0.717, 1.165) is 17.6 Å². The van der Waals surface area contributed by atoms with Crippen molar-refractivity contribution in [1.29, 1.82) is 0 Å². The lowest BCUT2D eigenvalue weighted by atomic mass is 10.2. The average Bonchev–Trinajstić information content (AvgIpc) is 2.33. The van der Waals surface area contributed by atoms with Crippen molar-refractivity contribution >= 4 is 15.9 Å². The fraction of sp³-hybridized carbons (Fsp3) is 0.143. The average molecular weight is 276 g/mol. The van der Waals surface area contributed by atoms with E-state index in [-0.39, 0.29) is 0 Å². The minimum atomic E-state index is 0.885. The molecule has 0 saturated heterocycles. The quantitative estimate of drug-likeness (QED) is 0.897. The van der Waals surface area contributed by atoms with Crippen molar-refractivity contribution in [2.24, 2.45) is 0 Å². The number of benzene rings is 2. The standard InChI is InChI=1S/C14H14BrN/c15-14-9-5-4-8-13(14)11-16-10-12-6-2-1-3-7-12/h1-9,16H,10-11H2. The van der Waals surface area contributed by atoms with Gasteiger partial charge < -0.3 is 5.32 Å². The Kier molecular flexibility index (Phi) is 4.14. The van der Waals surface area contributed by atoms with Crippen LogP contribution in [0.25, 0.3) is 0 Å². The fourth-order valence-corrected chi connectivity index (χ4v) is 2.00. The summed E-state index contributed by atoms with van der Waals surface area (Å²) in [5.41, 5.74) is 2.60. The fourth-order valence-electron chi connectivity index (χ4n) is 1.58. The lowest BCUT2D eigenvalue weighted by molar-refractivity contribution is 0.691. The molecule has 2 aromatic carbocycles. The Bertz CT molecular complexity index is 439. The van der Waals surface area contributed by atoms with Crippen molar-refractivity contribution in [3.63, 3.8) is 0 Å². The molecule has 82 valence electrons. The van der Waals surface area contributed by atoms with E-state index in [4.69, 9.17) is 0 Å². The lowest BCUT2D eigenvalue weighted by Gasteiger charge is -2.06. The molecule has 2 heteroatoms. The van der Waals surface area contributed by atoms with Gasteiger partial charge in [0.25, 0.3) is 0 Å². The van der Waals surface area contributed by atoms with Crippen molar-refractivity contribution in [3.8, 4) is 0 Å². The Morgan fingerprint density at radius 1 is 0.812 bits per heavy atom. The van der Waals surface area contributed by atoms with E-state index in [9.17, 15) is 0 Å². The maximum atomic E-state index is 3.54. The van der Waals surface area contributed by atoms with Crippen LogP contribution < -0.4 is 5.32 Å². The molecular weight excluding hydrogens is 262 g/mol. The molecule has 0 heterocycles. The maximum Gasteiger partial charge on any atom is 0.0220 e. The molecule has 0 spiro atoms. The smallest absolute Gasteiger partial charge is 0.0220 e. The Labute approximate surface area is 105 Å². The number of rotatable bonds is 4. The molecule has 16 heavy (non-hydrogen) atoms. The van der Waals surface area contributed by atoms with Crippen LogP contribution in [0.2, 0.25) is 0 Å². The first-order valence-corrected chi connectivity index (χ1v) is 6.13. The van der Waals surface area contributed by atoms with Gasteiger partial charge in [-0.3, -0.25) is 0 Å². The lowest BCUT2D eigenvalue weighted by Crippen LogP contribution is -2.12. The molecule has 0 fully saturated rings. The van der Waals surface area contributed by atoms with E-state index in [1.54, 1.807) is 0 Å². The summed E-state index contributed by atoms with van der Waals surface area (Å²) in [5.74, 6) is 0. The summed E-state index contributed by atoms with van der Waals surface area (Å²) in [6.07, 6.45) is 0. The van der Waals surface area contributed by atoms with Crippen molar-refractivity contribution in [2.45, 2.75) is 13.1 Å². The molecule has 0 aliphatic heterocycles. The highest BCUT2D eigenvalue weighted by molar-refractivity contribution is 9.10. The third-order valence-corrected chi connectivity index (χ3v) is 3.22. The van der Waals surface area contributed by atoms with E-state index in [1.807, 2.05) is 12.1 Å². The van der Waals surface area contributed by atoms with Gasteiger partial charge in [0.2, 0.25) is 0 Å². The Hall–Kier alpha value is -1.12. The summed E-state index contributed by atoms with van der Waals surface area (Å²) in [7, 11) is 0. The van der Waals surface area contributed by atoms with E-state index in [0.29, 0.717) is 0 Å². The number of hydrogen-bond acceptors (Lipinski definition) is 1. The first-order valence-electron chi connectivity index (χ1n) is 5.34. The molecule has 0 saturated carbocycles. The van der Waals surface area contributed by atoms with Crippen LogP contribution in [0.5, 0.6) is 0 Å². The highest BCUT2D eigenvalue weighted by Gasteiger charge is 1.97. The Balaban J connectivity index is 1.87. The van der Waals surface area contributed by atoms with Gasteiger partial charge in [-0.25, -0.2) is 0 Å². The molecule has 0 aliphatic carbocycles. The highest BCUT2D eigenvalue weighted by Crippen LogP contribution is 2.15. The highest BCUT2D eigenvalue weighted by atomic mass is 79.9. The molecule has 1 nitrogen and oxygen atoms in total. The number of nitrogens with one attached hydrogen (secondary N) is 1. The molecule has 1 N–H and O–H groups in total. The van der Waals surface area contributed by atoms with E-state index in [1.165, 1.54) is 11.1 Å². The summed E-state index contributed by atoms with van der Waals surface area (Å²) >= 11 is 3.54. The van der Waals surface area contributed by atoms with Crippen molar-refractivity contribution in [1.82, 2.24) is 5.32 Å². The van der Waals surface area contributed by atoms with Gasteiger partial charge in [-0.05, 0) is 17.2 Å². The summed E-state index contributed by atoms with van der Waals surface area (Å²) in [6, 6.07) is 18.7. The molecule has 0 aromatic heterocycles. The molecule has 2 aromatic rings. The van der Waals surface area contributed by atoms with Gasteiger partial charge in [-0.15, -0.1) is 0 Å². The van der Waals surface area contributed by atoms with E-state index < -0.39 is 0 Å². The van der Waals surface area contributed by atoms with Gasteiger partial charge in [0.05, 0.1) is 0 Å². The topological polar surface area (TPSA) is 12.0 Å². The van der Waals surface area contributed by atoms with Crippen LogP contribution in [0, 0.1) is 0 Å². The Morgan fingerprint density at radius 2 is 1.50 bits per heavy atom. The zero-order valence-electron chi connectivity index (χ0n) is 8.99. The van der Waals surface area contributed by atoms with Crippen molar-refractivity contribution in [3.05, 3.63) is 70.2 Å². The largest absolute Gasteiger partial charge is 0.309 e. The van der Waals surface area contributed by atoms with Crippen LogP contribution in [0.3, 0.4) is 0 Å². The maximum absolute atomic E-state index is 3.54. The second kappa shape index (κ2) is 5.83. The third-order valence-electron chi connectivity index (χ3n) is 2.45. The van der Waals surface area contributed by atoms with Gasteiger partial charge in [-0.2, -0.15) is 0 Å². The molecule has 0 bridgehead atoms. The molecular formula is C14H14BrN. The number of hydrogen-bond donors (Lipinski definition) is 1. The summed E-state index contributed by atoms with van der Waals surface area (Å²) in [6.45, 7) is 1.79. The van der Waals surface area contributed by atoms with Crippen LogP contribution in [0.1, 0.15) is 11.1 Å². The zero-order chi connectivity index (χ0) is 11.2. The molecule has 0 amide bonds. The SMILES string of the molecule is Brc1ccccc1CNCc1ccccc1. The third kappa shape index (κ3) is 3.19. The van der Waals surface area contributed by atoms with Gasteiger partial charge in [-0.1, -0.05) is 64.5 Å². The van der Waals surface area contributed by atoms with E-state index >= 15 is 0 Å². The Morgan fingerprint density at radius 3 is 2.25 bits per heavy atom. The molecule has 2 rings (SSSR count). The molecule has 0 aliphatic rings. The summed E-state index contributed by atoms with van der Waals surface area (Å²) in [5, 5.41) is 3.43. The molecule has 0 unspecified atom stereocenters. The minimum Gasteiger partial charge on any atom is -0.309 e. The van der Waals surface area contributed by atoms with Gasteiger partial charge in [0, 0.05) is 17.6 Å². The second-order valence-electron chi connectivity index (χ2n) is 3.68. The van der Waals surface area contributed by atoms with Crippen LogP contribution in [0.15, 0.2) is 59.1 Å². The summed E-state index contributed by atoms with van der Waals surface area (Å²) in [4.78, 5) is 0. The predicted molar refractivity (Wildman–Crippen MR) is 71.1 cm³/mol. The van der Waals surface area contributed by atoms with E-state index in [2.05, 4.69) is 63.7 Å². The van der Waals surface area contributed by atoms with Crippen LogP contribution >= 0.6 is 15.9 Å². The second-order valence-corrected chi connectivity index (χ2v) is 4.53. The first kappa shape index (κ1) is 11.4.